The molecule has 1 aliphatic rings. The van der Waals surface area contributed by atoms with Crippen molar-refractivity contribution in [3.05, 3.63) is 59.8 Å². The fourth-order valence-electron chi connectivity index (χ4n) is 3.21. The number of rotatable bonds is 3. The maximum Gasteiger partial charge on any atom is 0.261 e. The molecule has 2 atom stereocenters. The molecule has 1 aromatic carbocycles. The Hall–Kier alpha value is -2.80. The number of benzene rings is 1. The van der Waals surface area contributed by atoms with Gasteiger partial charge in [-0.3, -0.25) is 0 Å². The Morgan fingerprint density at radius 3 is 2.69 bits per heavy atom. The molecule has 3 heterocycles. The summed E-state index contributed by atoms with van der Waals surface area (Å²) in [5.41, 5.74) is 1.73. The number of ether oxygens (including phenoxy) is 1. The maximum atomic E-state index is 13.2. The lowest BCUT2D eigenvalue weighted by Crippen LogP contribution is -2.43. The molecular weight excluding hydrogens is 335 g/mol. The zero-order chi connectivity index (χ0) is 18.1. The molecule has 2 unspecified atom stereocenters. The molecule has 0 spiro atoms. The maximum absolute atomic E-state index is 13.2. The Morgan fingerprint density at radius 2 is 1.96 bits per heavy atom. The average molecular weight is 354 g/mol. The Morgan fingerprint density at radius 1 is 1.15 bits per heavy atom. The number of hydrogen-bond donors (Lipinski definition) is 0. The summed E-state index contributed by atoms with van der Waals surface area (Å²) >= 11 is 0. The first-order valence-electron chi connectivity index (χ1n) is 8.52. The highest BCUT2D eigenvalue weighted by atomic mass is 19.1. The number of morpholine rings is 1. The van der Waals surface area contributed by atoms with Crippen LogP contribution in [0.25, 0.3) is 11.5 Å². The largest absolute Gasteiger partial charge is 0.367 e. The second-order valence-corrected chi connectivity index (χ2v) is 6.41. The van der Waals surface area contributed by atoms with Gasteiger partial charge in [-0.15, -0.1) is 0 Å². The van der Waals surface area contributed by atoms with E-state index in [9.17, 15) is 4.39 Å². The van der Waals surface area contributed by atoms with E-state index in [4.69, 9.17) is 9.26 Å². The molecule has 1 aliphatic heterocycles. The third-order valence-electron chi connectivity index (χ3n) is 4.35. The van der Waals surface area contributed by atoms with Crippen molar-refractivity contribution in [1.29, 1.82) is 0 Å². The fraction of sp³-hybridized carbons (Fsp3) is 0.316. The van der Waals surface area contributed by atoms with Gasteiger partial charge in [0.05, 0.1) is 11.7 Å². The van der Waals surface area contributed by atoms with Gasteiger partial charge in [-0.05, 0) is 43.7 Å². The van der Waals surface area contributed by atoms with E-state index in [0.29, 0.717) is 24.8 Å². The molecule has 6 nitrogen and oxygen atoms in total. The molecule has 0 saturated carbocycles. The lowest BCUT2D eigenvalue weighted by molar-refractivity contribution is -0.0176. The molecule has 0 bridgehead atoms. The van der Waals surface area contributed by atoms with Crippen LogP contribution >= 0.6 is 0 Å². The lowest BCUT2D eigenvalue weighted by atomic mass is 10.1. The zero-order valence-electron chi connectivity index (χ0n) is 14.6. The predicted molar refractivity (Wildman–Crippen MR) is 94.2 cm³/mol. The van der Waals surface area contributed by atoms with Crippen LogP contribution in [0.4, 0.5) is 10.2 Å². The predicted octanol–water partition coefficient (Wildman–Crippen LogP) is 3.55. The number of hydrogen-bond acceptors (Lipinski definition) is 6. The Kier molecular flexibility index (Phi) is 4.38. The molecule has 4 rings (SSSR count). The van der Waals surface area contributed by atoms with Crippen molar-refractivity contribution in [2.75, 3.05) is 18.0 Å². The Labute approximate surface area is 150 Å². The first-order valence-corrected chi connectivity index (χ1v) is 8.52. The third kappa shape index (κ3) is 3.30. The highest BCUT2D eigenvalue weighted by molar-refractivity contribution is 5.70. The SMILES string of the molecule is Cc1noc(-c2cccnc2N2CC(C)OC(c3ccc(F)cc3)C2)n1. The minimum absolute atomic E-state index is 0.00178. The van der Waals surface area contributed by atoms with Crippen LogP contribution in [0.2, 0.25) is 0 Å². The van der Waals surface area contributed by atoms with Gasteiger partial charge in [-0.2, -0.15) is 4.98 Å². The van der Waals surface area contributed by atoms with Crippen molar-refractivity contribution in [2.45, 2.75) is 26.1 Å². The lowest BCUT2D eigenvalue weighted by Gasteiger charge is -2.38. The van der Waals surface area contributed by atoms with Gasteiger partial charge in [0.2, 0.25) is 0 Å². The highest BCUT2D eigenvalue weighted by Gasteiger charge is 2.29. The molecule has 0 radical (unpaired) electrons. The number of aromatic nitrogens is 3. The Bertz CT molecular complexity index is 897. The summed E-state index contributed by atoms with van der Waals surface area (Å²) in [5, 5.41) is 3.87. The summed E-state index contributed by atoms with van der Waals surface area (Å²) in [6.07, 6.45) is 1.58. The van der Waals surface area contributed by atoms with Crippen molar-refractivity contribution in [3.63, 3.8) is 0 Å². The second-order valence-electron chi connectivity index (χ2n) is 6.41. The van der Waals surface area contributed by atoms with Crippen LogP contribution in [-0.2, 0) is 4.74 Å². The van der Waals surface area contributed by atoms with Crippen LogP contribution in [0.3, 0.4) is 0 Å². The van der Waals surface area contributed by atoms with E-state index in [0.717, 1.165) is 16.9 Å². The molecular formula is C19H19FN4O2. The van der Waals surface area contributed by atoms with Crippen LogP contribution < -0.4 is 4.90 Å². The van der Waals surface area contributed by atoms with Crippen LogP contribution in [0, 0.1) is 12.7 Å². The number of aryl methyl sites for hydroxylation is 1. The summed E-state index contributed by atoms with van der Waals surface area (Å²) in [4.78, 5) is 11.0. The summed E-state index contributed by atoms with van der Waals surface area (Å²) in [7, 11) is 0. The second kappa shape index (κ2) is 6.84. The van der Waals surface area contributed by atoms with Gasteiger partial charge >= 0.3 is 0 Å². The molecule has 7 heteroatoms. The van der Waals surface area contributed by atoms with Crippen molar-refractivity contribution in [1.82, 2.24) is 15.1 Å². The van der Waals surface area contributed by atoms with Crippen molar-refractivity contribution >= 4 is 5.82 Å². The quantitative estimate of drug-likeness (QED) is 0.717. The molecule has 0 N–H and O–H groups in total. The van der Waals surface area contributed by atoms with Crippen LogP contribution in [0.15, 0.2) is 47.1 Å². The van der Waals surface area contributed by atoms with E-state index in [2.05, 4.69) is 20.0 Å². The number of halogens is 1. The van der Waals surface area contributed by atoms with Gasteiger partial charge in [0.15, 0.2) is 5.82 Å². The van der Waals surface area contributed by atoms with E-state index in [1.165, 1.54) is 12.1 Å². The van der Waals surface area contributed by atoms with E-state index < -0.39 is 0 Å². The van der Waals surface area contributed by atoms with Gasteiger partial charge in [-0.1, -0.05) is 17.3 Å². The molecule has 1 fully saturated rings. The van der Waals surface area contributed by atoms with Gasteiger partial charge in [0, 0.05) is 19.3 Å². The zero-order valence-corrected chi connectivity index (χ0v) is 14.6. The van der Waals surface area contributed by atoms with Gasteiger partial charge < -0.3 is 14.2 Å². The standard InChI is InChI=1S/C19H19FN4O2/c1-12-10-24(11-17(25-12)14-5-7-15(20)8-6-14)18-16(4-3-9-21-18)19-22-13(2)23-26-19/h3-9,12,17H,10-11H2,1-2H3. The fourth-order valence-corrected chi connectivity index (χ4v) is 3.21. The molecule has 134 valence electrons. The monoisotopic (exact) mass is 354 g/mol. The van der Waals surface area contributed by atoms with E-state index >= 15 is 0 Å². The molecule has 1 saturated heterocycles. The molecule has 0 amide bonds. The normalized spacial score (nSPS) is 20.3. The molecule has 2 aromatic heterocycles. The first kappa shape index (κ1) is 16.7. The minimum Gasteiger partial charge on any atom is -0.367 e. The molecule has 26 heavy (non-hydrogen) atoms. The van der Waals surface area contributed by atoms with Crippen LogP contribution in [0.1, 0.15) is 24.4 Å². The summed E-state index contributed by atoms with van der Waals surface area (Å²) in [6, 6.07) is 10.2. The summed E-state index contributed by atoms with van der Waals surface area (Å²) in [6.45, 7) is 5.09. The van der Waals surface area contributed by atoms with Gasteiger partial charge in [0.25, 0.3) is 5.89 Å². The van der Waals surface area contributed by atoms with Crippen molar-refractivity contribution in [2.24, 2.45) is 0 Å². The Balaban J connectivity index is 1.66. The smallest absolute Gasteiger partial charge is 0.261 e. The topological polar surface area (TPSA) is 64.3 Å². The van der Waals surface area contributed by atoms with Gasteiger partial charge in [0.1, 0.15) is 17.7 Å². The number of anilines is 1. The van der Waals surface area contributed by atoms with Crippen LogP contribution in [0.5, 0.6) is 0 Å². The van der Waals surface area contributed by atoms with E-state index in [1.807, 2.05) is 19.1 Å². The third-order valence-corrected chi connectivity index (χ3v) is 4.35. The summed E-state index contributed by atoms with van der Waals surface area (Å²) in [5.74, 6) is 1.55. The summed E-state index contributed by atoms with van der Waals surface area (Å²) < 4.78 is 24.6. The van der Waals surface area contributed by atoms with E-state index in [-0.39, 0.29) is 18.0 Å². The number of pyridine rings is 1. The van der Waals surface area contributed by atoms with Crippen LogP contribution in [-0.4, -0.2) is 34.3 Å². The van der Waals surface area contributed by atoms with Crippen molar-refractivity contribution in [3.8, 4) is 11.5 Å². The van der Waals surface area contributed by atoms with Gasteiger partial charge in [-0.25, -0.2) is 9.37 Å². The average Bonchev–Trinajstić information content (AvgIpc) is 3.08. The number of nitrogens with zero attached hydrogens (tertiary/aromatic N) is 4. The molecule has 0 aliphatic carbocycles. The first-order chi connectivity index (χ1) is 12.6. The minimum atomic E-state index is -0.256. The molecule has 3 aromatic rings. The highest BCUT2D eigenvalue weighted by Crippen LogP contribution is 2.33. The van der Waals surface area contributed by atoms with E-state index in [1.54, 1.807) is 25.3 Å². The van der Waals surface area contributed by atoms with Crippen molar-refractivity contribution < 1.29 is 13.7 Å².